The quantitative estimate of drug-likeness (QED) is 0.499. The van der Waals surface area contributed by atoms with E-state index in [1.165, 1.54) is 17.4 Å². The molecule has 5 heteroatoms. The van der Waals surface area contributed by atoms with Gasteiger partial charge in [-0.3, -0.25) is 9.59 Å². The third-order valence-electron chi connectivity index (χ3n) is 5.66. The maximum atomic E-state index is 12.9. The molecule has 31 heavy (non-hydrogen) atoms. The molecule has 3 aromatic rings. The zero-order valence-corrected chi connectivity index (χ0v) is 18.1. The van der Waals surface area contributed by atoms with Crippen molar-refractivity contribution in [1.82, 2.24) is 10.6 Å². The van der Waals surface area contributed by atoms with Gasteiger partial charge in [-0.25, -0.2) is 0 Å². The number of hydrogen-bond donors (Lipinski definition) is 2. The molecular formula is C26H30N2O3. The predicted molar refractivity (Wildman–Crippen MR) is 122 cm³/mol. The van der Waals surface area contributed by atoms with Crippen molar-refractivity contribution in [2.45, 2.75) is 38.6 Å². The molecule has 2 atom stereocenters. The Hall–Kier alpha value is -3.34. The van der Waals surface area contributed by atoms with Crippen LogP contribution in [0.5, 0.6) is 0 Å². The molecule has 2 unspecified atom stereocenters. The fourth-order valence-electron chi connectivity index (χ4n) is 3.67. The molecule has 0 saturated carbocycles. The molecule has 1 heterocycles. The molecular weight excluding hydrogens is 388 g/mol. The maximum Gasteiger partial charge on any atom is 0.287 e. The van der Waals surface area contributed by atoms with E-state index in [-0.39, 0.29) is 29.4 Å². The molecule has 0 aliphatic rings. The second kappa shape index (κ2) is 11.2. The summed E-state index contributed by atoms with van der Waals surface area (Å²) in [6, 6.07) is 23.2. The first-order valence-corrected chi connectivity index (χ1v) is 10.8. The van der Waals surface area contributed by atoms with E-state index in [9.17, 15) is 9.59 Å². The van der Waals surface area contributed by atoms with Gasteiger partial charge in [-0.2, -0.15) is 0 Å². The van der Waals surface area contributed by atoms with Gasteiger partial charge in [0, 0.05) is 12.5 Å². The van der Waals surface area contributed by atoms with Gasteiger partial charge in [-0.05, 0) is 35.6 Å². The highest BCUT2D eigenvalue weighted by Gasteiger charge is 2.27. The molecule has 0 aliphatic carbocycles. The summed E-state index contributed by atoms with van der Waals surface area (Å²) in [5.41, 5.74) is 2.43. The van der Waals surface area contributed by atoms with Gasteiger partial charge in [-0.1, -0.05) is 80.9 Å². The van der Waals surface area contributed by atoms with Crippen molar-refractivity contribution >= 4 is 11.8 Å². The number of amides is 2. The molecule has 0 aliphatic heterocycles. The summed E-state index contributed by atoms with van der Waals surface area (Å²) in [4.78, 5) is 25.4. The summed E-state index contributed by atoms with van der Waals surface area (Å²) in [5, 5.41) is 5.86. The minimum absolute atomic E-state index is 0.00189. The standard InChI is InChI=1S/C26H30N2O3/c1-3-19(2)24(28-25(29)23-15-10-18-31-23)26(30)27-17-16-22(20-11-6-4-7-12-20)21-13-8-5-9-14-21/h4-15,18-19,22,24H,3,16-17H2,1-2H3,(H,27,30)(H,28,29). The van der Waals surface area contributed by atoms with Crippen LogP contribution in [-0.2, 0) is 4.79 Å². The average molecular weight is 419 g/mol. The van der Waals surface area contributed by atoms with Gasteiger partial charge in [0.1, 0.15) is 6.04 Å². The van der Waals surface area contributed by atoms with Gasteiger partial charge in [0.25, 0.3) is 5.91 Å². The third kappa shape index (κ3) is 6.07. The monoisotopic (exact) mass is 418 g/mol. The van der Waals surface area contributed by atoms with Gasteiger partial charge in [0.15, 0.2) is 5.76 Å². The normalized spacial score (nSPS) is 12.9. The maximum absolute atomic E-state index is 12.9. The van der Waals surface area contributed by atoms with E-state index in [1.54, 1.807) is 12.1 Å². The van der Waals surface area contributed by atoms with Gasteiger partial charge >= 0.3 is 0 Å². The van der Waals surface area contributed by atoms with Crippen molar-refractivity contribution in [2.24, 2.45) is 5.92 Å². The van der Waals surface area contributed by atoms with E-state index in [1.807, 2.05) is 50.2 Å². The minimum Gasteiger partial charge on any atom is -0.459 e. The fraction of sp³-hybridized carbons (Fsp3) is 0.308. The van der Waals surface area contributed by atoms with Crippen molar-refractivity contribution in [2.75, 3.05) is 6.54 Å². The number of nitrogens with one attached hydrogen (secondary N) is 2. The SMILES string of the molecule is CCC(C)C(NC(=O)c1ccco1)C(=O)NCCC(c1ccccc1)c1ccccc1. The minimum atomic E-state index is -0.616. The molecule has 1 aromatic heterocycles. The Kier molecular flexibility index (Phi) is 8.05. The lowest BCUT2D eigenvalue weighted by atomic mass is 9.88. The topological polar surface area (TPSA) is 71.3 Å². The van der Waals surface area contributed by atoms with Crippen LogP contribution in [0.2, 0.25) is 0 Å². The van der Waals surface area contributed by atoms with Crippen molar-refractivity contribution < 1.29 is 14.0 Å². The smallest absolute Gasteiger partial charge is 0.287 e. The molecule has 0 spiro atoms. The number of benzene rings is 2. The van der Waals surface area contributed by atoms with E-state index in [4.69, 9.17) is 4.42 Å². The van der Waals surface area contributed by atoms with Gasteiger partial charge < -0.3 is 15.1 Å². The van der Waals surface area contributed by atoms with Gasteiger partial charge in [-0.15, -0.1) is 0 Å². The second-order valence-corrected chi connectivity index (χ2v) is 7.77. The summed E-state index contributed by atoms with van der Waals surface area (Å²) in [5.74, 6) is -0.166. The summed E-state index contributed by atoms with van der Waals surface area (Å²) in [6.07, 6.45) is 2.98. The number of rotatable bonds is 10. The lowest BCUT2D eigenvalue weighted by Crippen LogP contribution is -2.50. The molecule has 162 valence electrons. The Morgan fingerprint density at radius 2 is 1.52 bits per heavy atom. The Balaban J connectivity index is 1.65. The predicted octanol–water partition coefficient (Wildman–Crippen LogP) is 4.76. The number of hydrogen-bond acceptors (Lipinski definition) is 3. The zero-order valence-electron chi connectivity index (χ0n) is 18.1. The van der Waals surface area contributed by atoms with E-state index in [0.29, 0.717) is 6.54 Å². The molecule has 0 saturated heterocycles. The van der Waals surface area contributed by atoms with Crippen molar-refractivity contribution in [1.29, 1.82) is 0 Å². The van der Waals surface area contributed by atoms with E-state index in [0.717, 1.165) is 12.8 Å². The average Bonchev–Trinajstić information content (AvgIpc) is 3.36. The zero-order chi connectivity index (χ0) is 22.1. The van der Waals surface area contributed by atoms with E-state index in [2.05, 4.69) is 34.9 Å². The third-order valence-corrected chi connectivity index (χ3v) is 5.66. The fourth-order valence-corrected chi connectivity index (χ4v) is 3.67. The molecule has 0 bridgehead atoms. The van der Waals surface area contributed by atoms with Crippen molar-refractivity contribution in [3.8, 4) is 0 Å². The Morgan fingerprint density at radius 1 is 0.903 bits per heavy atom. The molecule has 2 amide bonds. The van der Waals surface area contributed by atoms with Crippen LogP contribution >= 0.6 is 0 Å². The summed E-state index contributed by atoms with van der Waals surface area (Å²) < 4.78 is 5.16. The van der Waals surface area contributed by atoms with E-state index >= 15 is 0 Å². The lowest BCUT2D eigenvalue weighted by molar-refractivity contribution is -0.124. The van der Waals surface area contributed by atoms with Gasteiger partial charge in [0.2, 0.25) is 5.91 Å². The van der Waals surface area contributed by atoms with Crippen LogP contribution < -0.4 is 10.6 Å². The largest absolute Gasteiger partial charge is 0.459 e. The van der Waals surface area contributed by atoms with Crippen LogP contribution in [0.3, 0.4) is 0 Å². The van der Waals surface area contributed by atoms with Crippen molar-refractivity contribution in [3.63, 3.8) is 0 Å². The molecule has 2 N–H and O–H groups in total. The molecule has 0 radical (unpaired) electrons. The van der Waals surface area contributed by atoms with Crippen LogP contribution in [0, 0.1) is 5.92 Å². The number of carbonyl (C=O) groups excluding carboxylic acids is 2. The Morgan fingerprint density at radius 3 is 2.03 bits per heavy atom. The first kappa shape index (κ1) is 22.3. The highest BCUT2D eigenvalue weighted by atomic mass is 16.3. The molecule has 0 fully saturated rings. The lowest BCUT2D eigenvalue weighted by Gasteiger charge is -2.24. The van der Waals surface area contributed by atoms with Crippen LogP contribution in [0.1, 0.15) is 54.3 Å². The second-order valence-electron chi connectivity index (χ2n) is 7.77. The molecule has 2 aromatic carbocycles. The van der Waals surface area contributed by atoms with Crippen LogP contribution in [-0.4, -0.2) is 24.4 Å². The van der Waals surface area contributed by atoms with Crippen molar-refractivity contribution in [3.05, 3.63) is 95.9 Å². The molecule has 3 rings (SSSR count). The number of carbonyl (C=O) groups is 2. The number of furan rings is 1. The highest BCUT2D eigenvalue weighted by Crippen LogP contribution is 2.27. The van der Waals surface area contributed by atoms with Crippen LogP contribution in [0.4, 0.5) is 0 Å². The van der Waals surface area contributed by atoms with Crippen LogP contribution in [0.25, 0.3) is 0 Å². The summed E-state index contributed by atoms with van der Waals surface area (Å²) >= 11 is 0. The van der Waals surface area contributed by atoms with E-state index < -0.39 is 6.04 Å². The highest BCUT2D eigenvalue weighted by molar-refractivity contribution is 5.95. The summed E-state index contributed by atoms with van der Waals surface area (Å²) in [7, 11) is 0. The van der Waals surface area contributed by atoms with Crippen LogP contribution in [0.15, 0.2) is 83.5 Å². The summed E-state index contributed by atoms with van der Waals surface area (Å²) in [6.45, 7) is 4.48. The first-order valence-electron chi connectivity index (χ1n) is 10.8. The molecule has 5 nitrogen and oxygen atoms in total. The Bertz CT molecular complexity index is 900. The Labute approximate surface area is 183 Å². The van der Waals surface area contributed by atoms with Gasteiger partial charge in [0.05, 0.1) is 6.26 Å². The first-order chi connectivity index (χ1) is 15.1.